The number of ether oxygens (including phenoxy) is 2. The van der Waals surface area contributed by atoms with Crippen LogP contribution in [0.3, 0.4) is 0 Å². The van der Waals surface area contributed by atoms with Crippen molar-refractivity contribution in [3.8, 4) is 0 Å². The molecule has 0 aromatic heterocycles. The molecule has 4 rings (SSSR count). The predicted octanol–water partition coefficient (Wildman–Crippen LogP) is 0.565. The fraction of sp³-hybridized carbons (Fsp3) is 0.852. The van der Waals surface area contributed by atoms with Gasteiger partial charge in [0, 0.05) is 50.1 Å². The van der Waals surface area contributed by atoms with Gasteiger partial charge in [0.2, 0.25) is 0 Å². The molecule has 2 saturated carbocycles. The highest BCUT2D eigenvalue weighted by Crippen LogP contribution is 2.32. The Kier molecular flexibility index (Phi) is 53.2. The van der Waals surface area contributed by atoms with E-state index >= 15 is 0 Å². The predicted molar refractivity (Wildman–Crippen MR) is 289 cm³/mol. The van der Waals surface area contributed by atoms with E-state index in [0.29, 0.717) is 12.8 Å². The Morgan fingerprint density at radius 1 is 0.284 bits per heavy atom. The summed E-state index contributed by atoms with van der Waals surface area (Å²) in [5.74, 6) is 5.66. The first-order valence-corrected chi connectivity index (χ1v) is 25.6. The highest BCUT2D eigenvalue weighted by molar-refractivity contribution is 4.92. The van der Waals surface area contributed by atoms with E-state index in [0.717, 1.165) is 47.3 Å². The van der Waals surface area contributed by atoms with Crippen molar-refractivity contribution >= 4 is 0 Å². The Bertz CT molecular complexity index is 1090. The van der Waals surface area contributed by atoms with Gasteiger partial charge in [-0.3, -0.25) is 0 Å². The number of aliphatic hydroxyl groups excluding tert-OH is 18. The number of rotatable bonds is 12. The maximum Gasteiger partial charge on any atom is 0.184 e. The molecule has 448 valence electrons. The molecule has 2 unspecified atom stereocenters. The molecule has 20 nitrogen and oxygen atoms in total. The van der Waals surface area contributed by atoms with Gasteiger partial charge in [0.1, 0.15) is 48.8 Å². The van der Waals surface area contributed by atoms with Crippen LogP contribution in [0.1, 0.15) is 95.9 Å². The fourth-order valence-corrected chi connectivity index (χ4v) is 7.77. The standard InChI is InChI=1S/2C10H22.2C7H14O4.2C6H12O6.4C2H4/c2*1-7(2)9(5)10(6)8(3)4;2*8-2-4-1-5(3-9)7(11)6(4)10;2*7-1-2-3(8)4(9)5(10)6(11)12-2;4*1-2/h2*7-10H,1-6H3;2*4-11H,1-3H2;2*2-11H,1H2;4*1-2H2/t2*9-,10-;2*4-,5+,6-,7-;2-,3+,4-,5-,6?;2-,3-,4+,5-,6?;;;;/m111101..../s1. The second kappa shape index (κ2) is 47.2. The maximum absolute atomic E-state index is 9.24. The van der Waals surface area contributed by atoms with Crippen molar-refractivity contribution in [3.05, 3.63) is 52.6 Å². The zero-order valence-electron chi connectivity index (χ0n) is 47.2. The van der Waals surface area contributed by atoms with Gasteiger partial charge in [-0.15, -0.1) is 52.6 Å². The Morgan fingerprint density at radius 2 is 0.459 bits per heavy atom. The van der Waals surface area contributed by atoms with Gasteiger partial charge in [0.25, 0.3) is 0 Å². The summed E-state index contributed by atoms with van der Waals surface area (Å²) in [7, 11) is 0. The molecule has 0 radical (unpaired) electrons. The van der Waals surface area contributed by atoms with E-state index in [1.165, 1.54) is 0 Å². The van der Waals surface area contributed by atoms with Gasteiger partial charge in [0.05, 0.1) is 37.6 Å². The molecule has 4 fully saturated rings. The van der Waals surface area contributed by atoms with Crippen molar-refractivity contribution < 1.29 is 101 Å². The van der Waals surface area contributed by atoms with E-state index in [4.69, 9.17) is 71.5 Å². The quantitative estimate of drug-likeness (QED) is 0.119. The molecule has 0 aromatic carbocycles. The minimum Gasteiger partial charge on any atom is -0.396 e. The fourth-order valence-electron chi connectivity index (χ4n) is 7.77. The lowest BCUT2D eigenvalue weighted by atomic mass is 9.80. The molecule has 0 bridgehead atoms. The Morgan fingerprint density at radius 3 is 0.581 bits per heavy atom. The highest BCUT2D eigenvalue weighted by atomic mass is 16.6. The van der Waals surface area contributed by atoms with Crippen molar-refractivity contribution in [2.75, 3.05) is 39.6 Å². The van der Waals surface area contributed by atoms with Crippen LogP contribution in [0.5, 0.6) is 0 Å². The minimum atomic E-state index is -1.57. The van der Waals surface area contributed by atoms with Crippen LogP contribution in [-0.4, -0.2) is 217 Å². The third-order valence-electron chi connectivity index (χ3n) is 14.4. The first kappa shape index (κ1) is 83.5. The van der Waals surface area contributed by atoms with E-state index in [1.807, 2.05) is 0 Å². The summed E-state index contributed by atoms with van der Waals surface area (Å²) in [6, 6.07) is 0. The lowest BCUT2D eigenvalue weighted by Crippen LogP contribution is -2.58. The van der Waals surface area contributed by atoms with Gasteiger partial charge in [-0.05, 0) is 60.2 Å². The van der Waals surface area contributed by atoms with Crippen molar-refractivity contribution in [2.24, 2.45) is 71.0 Å². The molecule has 0 amide bonds. The van der Waals surface area contributed by atoms with E-state index in [1.54, 1.807) is 0 Å². The van der Waals surface area contributed by atoms with Crippen molar-refractivity contribution in [1.29, 1.82) is 0 Å². The number of hydrogen-bond acceptors (Lipinski definition) is 20. The zero-order valence-corrected chi connectivity index (χ0v) is 47.2. The molecule has 22 atom stereocenters. The first-order chi connectivity index (χ1) is 34.5. The second-order valence-corrected chi connectivity index (χ2v) is 20.1. The summed E-state index contributed by atoms with van der Waals surface area (Å²) in [5.41, 5.74) is 0. The van der Waals surface area contributed by atoms with Gasteiger partial charge >= 0.3 is 0 Å². The molecule has 0 aromatic rings. The van der Waals surface area contributed by atoms with Crippen LogP contribution >= 0.6 is 0 Å². The SMILES string of the molecule is C=C.C=C.C=C.C=C.CC(C)[C@@H](C)[C@H](C)C(C)C.CC(C)[C@@H](C)[C@H](C)C(C)C.OC[C@@H]1C[C@H](CO)[C@@H](O)[C@@H]1O.OC[C@@H]1C[C@H](CO)[C@@H](O)[C@@H]1O.OC[C@@H]1OC(O)[C@@H](O)[C@@H](O)[C@@H]1O.OC[C@H]1OC(O)[C@H](O)[C@@H](O)[C@@H]1O. The Hall–Kier alpha value is -1.84. The smallest absolute Gasteiger partial charge is 0.184 e. The summed E-state index contributed by atoms with van der Waals surface area (Å²) >= 11 is 0. The van der Waals surface area contributed by atoms with Crippen molar-refractivity contribution in [1.82, 2.24) is 0 Å². The summed E-state index contributed by atoms with van der Waals surface area (Å²) in [5, 5.41) is 161. The zero-order chi connectivity index (χ0) is 60.1. The third-order valence-corrected chi connectivity index (χ3v) is 14.4. The lowest BCUT2D eigenvalue weighted by Gasteiger charge is -2.37. The summed E-state index contributed by atoms with van der Waals surface area (Å²) in [4.78, 5) is 0. The van der Waals surface area contributed by atoms with Crippen molar-refractivity contribution in [3.63, 3.8) is 0 Å². The molecule has 2 aliphatic carbocycles. The average Bonchev–Trinajstić information content (AvgIpc) is 3.86. The van der Waals surface area contributed by atoms with Crippen molar-refractivity contribution in [2.45, 2.75) is 182 Å². The van der Waals surface area contributed by atoms with E-state index in [-0.39, 0.29) is 50.1 Å². The van der Waals surface area contributed by atoms with Crippen LogP contribution in [0.2, 0.25) is 0 Å². The molecule has 74 heavy (non-hydrogen) atoms. The summed E-state index contributed by atoms with van der Waals surface area (Å²) < 4.78 is 9.15. The van der Waals surface area contributed by atoms with Crippen LogP contribution in [-0.2, 0) is 9.47 Å². The minimum absolute atomic E-state index is 0.130. The topological polar surface area (TPSA) is 383 Å². The van der Waals surface area contributed by atoms with Crippen LogP contribution in [0.4, 0.5) is 0 Å². The molecule has 4 aliphatic rings. The normalized spacial score (nSPS) is 34.4. The maximum atomic E-state index is 9.24. The van der Waals surface area contributed by atoms with E-state index in [2.05, 4.69) is 145 Å². The van der Waals surface area contributed by atoms with Crippen LogP contribution in [0.25, 0.3) is 0 Å². The molecule has 20 heteroatoms. The molecule has 2 saturated heterocycles. The molecule has 18 N–H and O–H groups in total. The Balaban J connectivity index is -0.000000182. The van der Waals surface area contributed by atoms with Gasteiger partial charge in [0.15, 0.2) is 12.6 Å². The van der Waals surface area contributed by atoms with Gasteiger partial charge < -0.3 is 101 Å². The Labute approximate surface area is 445 Å². The lowest BCUT2D eigenvalue weighted by molar-refractivity contribution is -0.286. The monoisotopic (exact) mass is 1080 g/mol. The number of aliphatic hydroxyl groups is 18. The van der Waals surface area contributed by atoms with E-state index < -0.39 is 99.0 Å². The van der Waals surface area contributed by atoms with Gasteiger partial charge in [-0.25, -0.2) is 0 Å². The summed E-state index contributed by atoms with van der Waals surface area (Å²) in [6.45, 7) is 50.3. The highest BCUT2D eigenvalue weighted by Gasteiger charge is 2.44. The van der Waals surface area contributed by atoms with Crippen LogP contribution < -0.4 is 0 Å². The van der Waals surface area contributed by atoms with E-state index in [9.17, 15) is 20.4 Å². The average molecular weight is 1080 g/mol. The number of hydrogen-bond donors (Lipinski definition) is 18. The largest absolute Gasteiger partial charge is 0.396 e. The summed E-state index contributed by atoms with van der Waals surface area (Å²) in [6.07, 6.45) is -16.6. The van der Waals surface area contributed by atoms with Crippen LogP contribution in [0, 0.1) is 71.0 Å². The third kappa shape index (κ3) is 29.8. The molecule has 0 spiro atoms. The second-order valence-electron chi connectivity index (χ2n) is 20.1. The first-order valence-electron chi connectivity index (χ1n) is 25.6. The molecular weight excluding hydrogens is 969 g/mol. The van der Waals surface area contributed by atoms with Crippen LogP contribution in [0.15, 0.2) is 52.6 Å². The molecule has 2 heterocycles. The molecule has 2 aliphatic heterocycles. The van der Waals surface area contributed by atoms with Gasteiger partial charge in [-0.1, -0.05) is 83.1 Å². The molecular formula is C54H112O20. The van der Waals surface area contributed by atoms with Gasteiger partial charge in [-0.2, -0.15) is 0 Å².